The normalized spacial score (nSPS) is 15.5. The van der Waals surface area contributed by atoms with Gasteiger partial charge in [0.25, 0.3) is 0 Å². The van der Waals surface area contributed by atoms with Gasteiger partial charge in [-0.3, -0.25) is 4.79 Å². The number of thioether (sulfide) groups is 2. The summed E-state index contributed by atoms with van der Waals surface area (Å²) in [5, 5.41) is 14.3. The van der Waals surface area contributed by atoms with Gasteiger partial charge in [-0.25, -0.2) is 9.67 Å². The maximum atomic E-state index is 11.6. The van der Waals surface area contributed by atoms with E-state index in [4.69, 9.17) is 5.10 Å². The van der Waals surface area contributed by atoms with Crippen molar-refractivity contribution in [3.63, 3.8) is 0 Å². The van der Waals surface area contributed by atoms with E-state index in [1.54, 1.807) is 23.4 Å². The predicted octanol–water partition coefficient (Wildman–Crippen LogP) is 4.07. The first-order valence-electron chi connectivity index (χ1n) is 9.16. The minimum atomic E-state index is -0.337. The zero-order chi connectivity index (χ0) is 19.7. The highest BCUT2D eigenvalue weighted by Crippen LogP contribution is 2.35. The molecule has 3 heterocycles. The molecule has 0 aliphatic carbocycles. The molecule has 5 nitrogen and oxygen atoms in total. The van der Waals surface area contributed by atoms with Gasteiger partial charge in [-0.15, -0.1) is 11.8 Å². The first-order valence-corrected chi connectivity index (χ1v) is 11.0. The van der Waals surface area contributed by atoms with E-state index in [0.29, 0.717) is 12.2 Å². The van der Waals surface area contributed by atoms with Crippen LogP contribution in [0.1, 0.15) is 36.6 Å². The van der Waals surface area contributed by atoms with Crippen LogP contribution in [0.5, 0.6) is 0 Å². The van der Waals surface area contributed by atoms with Gasteiger partial charge in [-0.05, 0) is 42.3 Å². The number of carbonyl (C=O) groups excluding carboxylic acids is 1. The van der Waals surface area contributed by atoms with Crippen LogP contribution < -0.4 is 0 Å². The van der Waals surface area contributed by atoms with Gasteiger partial charge < -0.3 is 5.11 Å². The summed E-state index contributed by atoms with van der Waals surface area (Å²) in [5.41, 5.74) is 3.24. The molecule has 0 radical (unpaired) electrons. The average Bonchev–Trinajstić information content (AvgIpc) is 3.31. The van der Waals surface area contributed by atoms with E-state index < -0.39 is 0 Å². The molecule has 0 bridgehead atoms. The molecule has 144 valence electrons. The maximum Gasteiger partial charge on any atom is 0.198 e. The second-order valence-electron chi connectivity index (χ2n) is 6.94. The Morgan fingerprint density at radius 1 is 1.25 bits per heavy atom. The lowest BCUT2D eigenvalue weighted by atomic mass is 9.96. The molecule has 4 rings (SSSR count). The van der Waals surface area contributed by atoms with Crippen molar-refractivity contribution >= 4 is 28.6 Å². The number of aromatic nitrogens is 3. The van der Waals surface area contributed by atoms with Crippen LogP contribution in [0, 0.1) is 0 Å². The monoisotopic (exact) mass is 411 g/mol. The molecular formula is C21H21N3O2S2. The maximum absolute atomic E-state index is 11.6. The number of hydrogen-bond acceptors (Lipinski definition) is 6. The molecule has 0 saturated carbocycles. The summed E-state index contributed by atoms with van der Waals surface area (Å²) >= 11 is 2.92. The topological polar surface area (TPSA) is 68.0 Å². The molecule has 7 heteroatoms. The van der Waals surface area contributed by atoms with E-state index in [1.165, 1.54) is 11.8 Å². The van der Waals surface area contributed by atoms with Gasteiger partial charge in [0.05, 0.1) is 11.8 Å². The number of aliphatic hydroxyl groups excluding tert-OH is 1. The summed E-state index contributed by atoms with van der Waals surface area (Å²) in [6.07, 6.45) is 3.92. The largest absolute Gasteiger partial charge is 0.393 e. The standard InChI is InChI=1S/C21H21N3O2S2/c1-13(25)12-27-17-5-6-20(22-11-17)24-8-7-18(23-24)14(2)15-3-4-16-10-21(26)28-19(16)9-15/h3-9,11,13-14,25H,10,12H2,1-2H3. The molecule has 1 aliphatic heterocycles. The van der Waals surface area contributed by atoms with Crippen LogP contribution in [-0.4, -0.2) is 36.8 Å². The average molecular weight is 412 g/mol. The van der Waals surface area contributed by atoms with E-state index >= 15 is 0 Å². The van der Waals surface area contributed by atoms with Crippen molar-refractivity contribution < 1.29 is 9.90 Å². The number of carbonyl (C=O) groups is 1. The van der Waals surface area contributed by atoms with Crippen molar-refractivity contribution in [1.29, 1.82) is 0 Å². The van der Waals surface area contributed by atoms with E-state index in [-0.39, 0.29) is 17.1 Å². The number of rotatable bonds is 6. The molecule has 1 aromatic carbocycles. The molecule has 0 saturated heterocycles. The molecule has 2 unspecified atom stereocenters. The molecule has 2 aromatic heterocycles. The summed E-state index contributed by atoms with van der Waals surface area (Å²) in [7, 11) is 0. The van der Waals surface area contributed by atoms with Gasteiger partial charge in [0.2, 0.25) is 0 Å². The number of nitrogens with zero attached hydrogens (tertiary/aromatic N) is 3. The third-order valence-corrected chi connectivity index (χ3v) is 6.85. The lowest BCUT2D eigenvalue weighted by Gasteiger charge is -2.11. The highest BCUT2D eigenvalue weighted by atomic mass is 32.2. The third kappa shape index (κ3) is 4.16. The highest BCUT2D eigenvalue weighted by Gasteiger charge is 2.21. The summed E-state index contributed by atoms with van der Waals surface area (Å²) in [4.78, 5) is 18.2. The van der Waals surface area contributed by atoms with Crippen molar-refractivity contribution in [1.82, 2.24) is 14.8 Å². The van der Waals surface area contributed by atoms with Crippen molar-refractivity contribution in [2.24, 2.45) is 0 Å². The number of aliphatic hydroxyl groups is 1. The zero-order valence-corrected chi connectivity index (χ0v) is 17.3. The highest BCUT2D eigenvalue weighted by molar-refractivity contribution is 8.14. The quantitative estimate of drug-likeness (QED) is 0.617. The van der Waals surface area contributed by atoms with Gasteiger partial charge in [0.1, 0.15) is 0 Å². The second-order valence-corrected chi connectivity index (χ2v) is 9.13. The number of hydrogen-bond donors (Lipinski definition) is 1. The van der Waals surface area contributed by atoms with Crippen molar-refractivity contribution in [3.8, 4) is 5.82 Å². The van der Waals surface area contributed by atoms with E-state index in [9.17, 15) is 9.90 Å². The van der Waals surface area contributed by atoms with Gasteiger partial charge in [0.15, 0.2) is 10.9 Å². The molecule has 0 amide bonds. The van der Waals surface area contributed by atoms with E-state index in [1.807, 2.05) is 30.6 Å². The molecular weight excluding hydrogens is 390 g/mol. The fourth-order valence-corrected chi connectivity index (χ4v) is 4.74. The Balaban J connectivity index is 1.50. The van der Waals surface area contributed by atoms with Crippen LogP contribution in [0.25, 0.3) is 5.82 Å². The second kappa shape index (κ2) is 8.11. The Kier molecular flexibility index (Phi) is 5.57. The van der Waals surface area contributed by atoms with Crippen LogP contribution >= 0.6 is 23.5 Å². The minimum Gasteiger partial charge on any atom is -0.393 e. The van der Waals surface area contributed by atoms with Crippen LogP contribution in [-0.2, 0) is 11.2 Å². The SMILES string of the molecule is CC(O)CSc1ccc(-n2ccc(C(C)c3ccc4c(c3)SC(=O)C4)n2)nc1. The zero-order valence-electron chi connectivity index (χ0n) is 15.7. The summed E-state index contributed by atoms with van der Waals surface area (Å²) in [6, 6.07) is 12.2. The van der Waals surface area contributed by atoms with Gasteiger partial charge in [0, 0.05) is 40.3 Å². The fourth-order valence-electron chi connectivity index (χ4n) is 3.07. The first kappa shape index (κ1) is 19.2. The Hall–Kier alpha value is -2.09. The summed E-state index contributed by atoms with van der Waals surface area (Å²) in [6.45, 7) is 3.90. The van der Waals surface area contributed by atoms with Gasteiger partial charge >= 0.3 is 0 Å². The van der Waals surface area contributed by atoms with Crippen LogP contribution in [0.15, 0.2) is 58.6 Å². The third-order valence-electron chi connectivity index (χ3n) is 4.65. The molecule has 3 aromatic rings. The first-order chi connectivity index (χ1) is 13.5. The predicted molar refractivity (Wildman–Crippen MR) is 112 cm³/mol. The Morgan fingerprint density at radius 3 is 2.86 bits per heavy atom. The molecule has 2 atom stereocenters. The molecule has 1 N–H and O–H groups in total. The Labute approximate surface area is 172 Å². The summed E-state index contributed by atoms with van der Waals surface area (Å²) < 4.78 is 1.78. The van der Waals surface area contributed by atoms with Crippen LogP contribution in [0.2, 0.25) is 0 Å². The molecule has 1 aliphatic rings. The van der Waals surface area contributed by atoms with E-state index in [0.717, 1.165) is 32.4 Å². The fraction of sp³-hybridized carbons (Fsp3) is 0.286. The Morgan fingerprint density at radius 2 is 2.11 bits per heavy atom. The van der Waals surface area contributed by atoms with Crippen LogP contribution in [0.3, 0.4) is 0 Å². The van der Waals surface area contributed by atoms with Gasteiger partial charge in [-0.1, -0.05) is 30.8 Å². The molecule has 0 fully saturated rings. The number of pyridine rings is 1. The van der Waals surface area contributed by atoms with Crippen LogP contribution in [0.4, 0.5) is 0 Å². The molecule has 0 spiro atoms. The smallest absolute Gasteiger partial charge is 0.198 e. The number of benzene rings is 1. The summed E-state index contributed by atoms with van der Waals surface area (Å²) in [5.74, 6) is 1.54. The Bertz CT molecular complexity index is 999. The van der Waals surface area contributed by atoms with E-state index in [2.05, 4.69) is 30.1 Å². The van der Waals surface area contributed by atoms with Crippen molar-refractivity contribution in [2.75, 3.05) is 5.75 Å². The van der Waals surface area contributed by atoms with Crippen molar-refractivity contribution in [2.45, 2.75) is 42.1 Å². The minimum absolute atomic E-state index is 0.128. The molecule has 28 heavy (non-hydrogen) atoms. The lowest BCUT2D eigenvalue weighted by Crippen LogP contribution is -2.03. The number of fused-ring (bicyclic) bond motifs is 1. The lowest BCUT2D eigenvalue weighted by molar-refractivity contribution is -0.110. The van der Waals surface area contributed by atoms with Gasteiger partial charge in [-0.2, -0.15) is 5.10 Å². The van der Waals surface area contributed by atoms with Crippen molar-refractivity contribution in [3.05, 3.63) is 65.6 Å².